The molecule has 1 amide bonds. The molecule has 0 saturated carbocycles. The van der Waals surface area contributed by atoms with Gasteiger partial charge < -0.3 is 14.5 Å². The van der Waals surface area contributed by atoms with E-state index in [4.69, 9.17) is 14.3 Å². The molecule has 0 bridgehead atoms. The van der Waals surface area contributed by atoms with Crippen LogP contribution in [0, 0.1) is 18.8 Å². The number of ketones is 1. The molecule has 0 spiro atoms. The molecule has 0 fully saturated rings. The number of hydrogen-bond acceptors (Lipinski definition) is 6. The van der Waals surface area contributed by atoms with Gasteiger partial charge in [-0.1, -0.05) is 50.6 Å². The lowest BCUT2D eigenvalue weighted by molar-refractivity contribution is -0.117. The average molecular weight is 545 g/mol. The van der Waals surface area contributed by atoms with Gasteiger partial charge in [-0.05, 0) is 49.8 Å². The normalized spacial score (nSPS) is 16.8. The van der Waals surface area contributed by atoms with E-state index in [1.807, 2.05) is 61.2 Å². The van der Waals surface area contributed by atoms with Crippen molar-refractivity contribution in [3.8, 4) is 0 Å². The first-order valence-corrected chi connectivity index (χ1v) is 14.1. The second-order valence-corrected chi connectivity index (χ2v) is 10.5. The van der Waals surface area contributed by atoms with Crippen LogP contribution in [0.25, 0.3) is 10.9 Å². The summed E-state index contributed by atoms with van der Waals surface area (Å²) in [6.45, 7) is 7.84. The van der Waals surface area contributed by atoms with Gasteiger partial charge in [0.15, 0.2) is 5.78 Å². The largest absolute Gasteiger partial charge is 0.448 e. The summed E-state index contributed by atoms with van der Waals surface area (Å²) in [6, 6.07) is 3.75. The van der Waals surface area contributed by atoms with Crippen LogP contribution in [0.4, 0.5) is 0 Å². The highest BCUT2D eigenvalue weighted by Crippen LogP contribution is 2.27. The van der Waals surface area contributed by atoms with Crippen LogP contribution in [0.1, 0.15) is 67.3 Å². The van der Waals surface area contributed by atoms with Gasteiger partial charge in [0.2, 0.25) is 5.89 Å². The SMILES string of the molecule is CCCC(C/C=C/C(C)C(=O)C1=CCC(c2ncco2)C=C1)Cn1cc2c(C)c(C(=O)NCCOC)ccc2n1. The maximum Gasteiger partial charge on any atom is 0.251 e. The molecule has 3 atom stereocenters. The van der Waals surface area contributed by atoms with Crippen molar-refractivity contribution in [2.45, 2.75) is 58.9 Å². The number of aryl methyl sites for hydroxylation is 1. The zero-order valence-corrected chi connectivity index (χ0v) is 23.9. The lowest BCUT2D eigenvalue weighted by Gasteiger charge is -2.15. The third kappa shape index (κ3) is 7.24. The van der Waals surface area contributed by atoms with Gasteiger partial charge in [-0.15, -0.1) is 0 Å². The van der Waals surface area contributed by atoms with Crippen molar-refractivity contribution in [3.63, 3.8) is 0 Å². The predicted molar refractivity (Wildman–Crippen MR) is 156 cm³/mol. The molecule has 1 aromatic carbocycles. The van der Waals surface area contributed by atoms with Gasteiger partial charge in [0.05, 0.1) is 24.2 Å². The number of rotatable bonds is 14. The summed E-state index contributed by atoms with van der Waals surface area (Å²) in [5.74, 6) is 0.986. The smallest absolute Gasteiger partial charge is 0.251 e. The molecule has 2 heterocycles. The van der Waals surface area contributed by atoms with Gasteiger partial charge in [0.25, 0.3) is 5.91 Å². The van der Waals surface area contributed by atoms with Crippen molar-refractivity contribution in [1.82, 2.24) is 20.1 Å². The number of aromatic nitrogens is 3. The molecular formula is C32H40N4O4. The number of oxazole rings is 1. The third-order valence-corrected chi connectivity index (χ3v) is 7.45. The van der Waals surface area contributed by atoms with Crippen LogP contribution in [0.5, 0.6) is 0 Å². The maximum absolute atomic E-state index is 13.0. The van der Waals surface area contributed by atoms with E-state index in [1.165, 1.54) is 0 Å². The maximum atomic E-state index is 13.0. The van der Waals surface area contributed by atoms with Crippen LogP contribution in [0.3, 0.4) is 0 Å². The summed E-state index contributed by atoms with van der Waals surface area (Å²) in [7, 11) is 1.61. The Morgan fingerprint density at radius 2 is 2.17 bits per heavy atom. The molecule has 1 aliphatic rings. The number of ether oxygens (including phenoxy) is 1. The van der Waals surface area contributed by atoms with Crippen molar-refractivity contribution in [3.05, 3.63) is 83.8 Å². The Labute approximate surface area is 236 Å². The molecule has 0 radical (unpaired) electrons. The number of benzene rings is 1. The highest BCUT2D eigenvalue weighted by molar-refractivity contribution is 6.01. The van der Waals surface area contributed by atoms with E-state index in [-0.39, 0.29) is 23.5 Å². The molecule has 1 N–H and O–H groups in total. The van der Waals surface area contributed by atoms with E-state index in [1.54, 1.807) is 19.6 Å². The van der Waals surface area contributed by atoms with Crippen molar-refractivity contribution < 1.29 is 18.7 Å². The van der Waals surface area contributed by atoms with Crippen molar-refractivity contribution in [2.75, 3.05) is 20.3 Å². The number of carbonyl (C=O) groups excluding carboxylic acids is 2. The minimum absolute atomic E-state index is 0.0829. The van der Waals surface area contributed by atoms with Crippen molar-refractivity contribution in [1.29, 1.82) is 0 Å². The molecule has 0 aliphatic heterocycles. The van der Waals surface area contributed by atoms with E-state index in [2.05, 4.69) is 23.3 Å². The van der Waals surface area contributed by atoms with E-state index < -0.39 is 0 Å². The zero-order valence-electron chi connectivity index (χ0n) is 23.9. The number of amides is 1. The summed E-state index contributed by atoms with van der Waals surface area (Å²) >= 11 is 0. The molecule has 3 aromatic rings. The van der Waals surface area contributed by atoms with E-state index in [9.17, 15) is 9.59 Å². The lowest BCUT2D eigenvalue weighted by Crippen LogP contribution is -2.27. The molecule has 8 heteroatoms. The van der Waals surface area contributed by atoms with Crippen LogP contribution in [0.2, 0.25) is 0 Å². The molecule has 40 heavy (non-hydrogen) atoms. The van der Waals surface area contributed by atoms with E-state index >= 15 is 0 Å². The second kappa shape index (κ2) is 14.0. The third-order valence-electron chi connectivity index (χ3n) is 7.45. The van der Waals surface area contributed by atoms with Crippen molar-refractivity contribution >= 4 is 22.6 Å². The Bertz CT molecular complexity index is 1380. The Hall–Kier alpha value is -3.78. The molecule has 2 aromatic heterocycles. The molecule has 8 nitrogen and oxygen atoms in total. The van der Waals surface area contributed by atoms with Crippen molar-refractivity contribution in [2.24, 2.45) is 11.8 Å². The molecule has 212 valence electrons. The fourth-order valence-electron chi connectivity index (χ4n) is 5.17. The molecular weight excluding hydrogens is 504 g/mol. The summed E-state index contributed by atoms with van der Waals surface area (Å²) in [5, 5.41) is 8.67. The van der Waals surface area contributed by atoms with E-state index in [0.29, 0.717) is 36.9 Å². The lowest BCUT2D eigenvalue weighted by atomic mass is 9.90. The molecule has 0 saturated heterocycles. The first-order chi connectivity index (χ1) is 19.4. The second-order valence-electron chi connectivity index (χ2n) is 10.5. The number of allylic oxidation sites excluding steroid dienone is 6. The first-order valence-electron chi connectivity index (χ1n) is 14.1. The van der Waals surface area contributed by atoms with E-state index in [0.717, 1.165) is 47.8 Å². The van der Waals surface area contributed by atoms with Crippen LogP contribution in [-0.2, 0) is 16.1 Å². The predicted octanol–water partition coefficient (Wildman–Crippen LogP) is 5.95. The fraction of sp³-hybridized carbons (Fsp3) is 0.438. The van der Waals surface area contributed by atoms with Gasteiger partial charge in [-0.25, -0.2) is 4.98 Å². The zero-order chi connectivity index (χ0) is 28.5. The number of carbonyl (C=O) groups is 2. The standard InChI is InChI=1S/C32H40N4O4/c1-5-7-24(9-6-8-22(2)30(37)25-10-12-26(13-11-25)32-34-17-19-40-32)20-36-21-28-23(3)27(14-15-29(28)35-36)31(38)33-16-18-39-4/h6,8,10-12,14-15,17,19,21-22,24,26H,5,7,9,13,16,18,20H2,1-4H3,(H,33,38)/b8-6+. The van der Waals surface area contributed by atoms with Gasteiger partial charge in [-0.3, -0.25) is 14.3 Å². The minimum Gasteiger partial charge on any atom is -0.448 e. The fourth-order valence-corrected chi connectivity index (χ4v) is 5.17. The molecule has 1 aliphatic carbocycles. The summed E-state index contributed by atoms with van der Waals surface area (Å²) in [6.07, 6.45) is 19.0. The van der Waals surface area contributed by atoms with Gasteiger partial charge in [0.1, 0.15) is 6.26 Å². The highest BCUT2D eigenvalue weighted by atomic mass is 16.5. The highest BCUT2D eigenvalue weighted by Gasteiger charge is 2.20. The summed E-state index contributed by atoms with van der Waals surface area (Å²) < 4.78 is 12.4. The minimum atomic E-state index is -0.195. The van der Waals surface area contributed by atoms with Gasteiger partial charge >= 0.3 is 0 Å². The Morgan fingerprint density at radius 3 is 2.88 bits per heavy atom. The average Bonchev–Trinajstić information content (AvgIpc) is 3.64. The van der Waals surface area contributed by atoms with Gasteiger partial charge in [-0.2, -0.15) is 5.10 Å². The Kier molecular flexibility index (Phi) is 10.2. The Morgan fingerprint density at radius 1 is 1.32 bits per heavy atom. The molecule has 3 unspecified atom stereocenters. The molecule has 4 rings (SSSR count). The Balaban J connectivity index is 1.35. The van der Waals surface area contributed by atoms with Gasteiger partial charge in [0, 0.05) is 48.8 Å². The van der Waals surface area contributed by atoms with Crippen LogP contribution < -0.4 is 5.32 Å². The quantitative estimate of drug-likeness (QED) is 0.199. The number of hydrogen-bond donors (Lipinski definition) is 1. The number of methoxy groups -OCH3 is 1. The number of Topliss-reactive ketones (excluding diaryl/α,β-unsaturated/α-hetero) is 1. The summed E-state index contributed by atoms with van der Waals surface area (Å²) in [4.78, 5) is 29.8. The van der Waals surface area contributed by atoms with Crippen LogP contribution in [0.15, 0.2) is 71.2 Å². The monoisotopic (exact) mass is 544 g/mol. The number of fused-ring (bicyclic) bond motifs is 1. The van der Waals surface area contributed by atoms with Crippen LogP contribution in [-0.4, -0.2) is 46.7 Å². The topological polar surface area (TPSA) is 99.2 Å². The number of nitrogens with zero attached hydrogens (tertiary/aromatic N) is 3. The number of nitrogens with one attached hydrogen (secondary N) is 1. The first kappa shape index (κ1) is 29.2. The summed E-state index contributed by atoms with van der Waals surface area (Å²) in [5.41, 5.74) is 3.21. The van der Waals surface area contributed by atoms with Crippen LogP contribution >= 0.6 is 0 Å².